The Hall–Kier alpha value is -2.54. The molecule has 0 radical (unpaired) electrons. The lowest BCUT2D eigenvalue weighted by Gasteiger charge is -2.28. The number of aliphatic hydroxyl groups is 1. The third kappa shape index (κ3) is 4.78. The van der Waals surface area contributed by atoms with Gasteiger partial charge in [-0.2, -0.15) is 4.31 Å². The molecule has 0 spiro atoms. The minimum absolute atomic E-state index is 0. The zero-order valence-corrected chi connectivity index (χ0v) is 16.1. The van der Waals surface area contributed by atoms with Gasteiger partial charge in [0, 0.05) is 36.5 Å². The van der Waals surface area contributed by atoms with Crippen molar-refractivity contribution >= 4 is 21.6 Å². The summed E-state index contributed by atoms with van der Waals surface area (Å²) in [5.74, 6) is -6.79. The molecule has 0 atom stereocenters. The largest absolute Gasteiger partial charge is 0.412 e. The fourth-order valence-electron chi connectivity index (χ4n) is 2.89. The maximum atomic E-state index is 14.2. The molecule has 1 amide bonds. The minimum Gasteiger partial charge on any atom is -0.412 e. The molecular weight excluding hydrogens is 432 g/mol. The number of hydrogen-bond donors (Lipinski definition) is 2. The van der Waals surface area contributed by atoms with E-state index < -0.39 is 55.9 Å². The van der Waals surface area contributed by atoms with Crippen molar-refractivity contribution in [3.05, 3.63) is 59.2 Å². The highest BCUT2D eigenvalue weighted by Crippen LogP contribution is 2.25. The van der Waals surface area contributed by atoms with Crippen LogP contribution in [0.1, 0.15) is 23.2 Å². The quantitative estimate of drug-likeness (QED) is 0.546. The van der Waals surface area contributed by atoms with Crippen LogP contribution in [0.5, 0.6) is 0 Å². The number of anilines is 1. The molecule has 12 heteroatoms. The summed E-state index contributed by atoms with van der Waals surface area (Å²) < 4.78 is 80.2. The van der Waals surface area contributed by atoms with Gasteiger partial charge in [-0.15, -0.1) is 0 Å². The number of hydrogen-bond acceptors (Lipinski definition) is 4. The Morgan fingerprint density at radius 3 is 2.13 bits per heavy atom. The van der Waals surface area contributed by atoms with Gasteiger partial charge >= 0.3 is 0 Å². The van der Waals surface area contributed by atoms with Crippen molar-refractivity contribution in [3.63, 3.8) is 0 Å². The van der Waals surface area contributed by atoms with Crippen LogP contribution in [0.2, 0.25) is 0 Å². The summed E-state index contributed by atoms with van der Waals surface area (Å²) >= 11 is 0. The Morgan fingerprint density at radius 2 is 1.57 bits per heavy atom. The van der Waals surface area contributed by atoms with Gasteiger partial charge in [-0.05, 0) is 31.0 Å². The fourth-order valence-corrected chi connectivity index (χ4v) is 4.45. The molecule has 1 saturated heterocycles. The Morgan fingerprint density at radius 1 is 1.00 bits per heavy atom. The van der Waals surface area contributed by atoms with E-state index in [9.17, 15) is 35.9 Å². The monoisotopic (exact) mass is 450 g/mol. The second-order valence-electron chi connectivity index (χ2n) is 6.49. The van der Waals surface area contributed by atoms with Gasteiger partial charge in [0.05, 0.1) is 6.10 Å². The van der Waals surface area contributed by atoms with Gasteiger partial charge in [0.25, 0.3) is 5.91 Å². The van der Waals surface area contributed by atoms with E-state index >= 15 is 0 Å². The van der Waals surface area contributed by atoms with Crippen molar-refractivity contribution in [3.8, 4) is 0 Å². The molecule has 0 bridgehead atoms. The van der Waals surface area contributed by atoms with Crippen LogP contribution in [-0.2, 0) is 10.0 Å². The van der Waals surface area contributed by atoms with Crippen molar-refractivity contribution in [2.45, 2.75) is 23.8 Å². The van der Waals surface area contributed by atoms with Gasteiger partial charge in [-0.25, -0.2) is 26.0 Å². The van der Waals surface area contributed by atoms with E-state index in [0.717, 1.165) is 22.5 Å². The van der Waals surface area contributed by atoms with E-state index in [0.29, 0.717) is 12.1 Å². The summed E-state index contributed by atoms with van der Waals surface area (Å²) in [7, 11) is -4.27. The molecule has 1 aliphatic rings. The SMILES string of the molecule is O.O=C(Nc1cc(F)c(F)c(F)c1)c1ccc(F)c(S(=O)(=O)N2CCC(O)CC2)c1. The molecule has 164 valence electrons. The lowest BCUT2D eigenvalue weighted by Crippen LogP contribution is -2.40. The highest BCUT2D eigenvalue weighted by molar-refractivity contribution is 7.89. The van der Waals surface area contributed by atoms with Gasteiger partial charge in [0.1, 0.15) is 10.7 Å². The van der Waals surface area contributed by atoms with Gasteiger partial charge in [-0.1, -0.05) is 0 Å². The van der Waals surface area contributed by atoms with E-state index in [1.54, 1.807) is 0 Å². The Balaban J connectivity index is 0.00000320. The average Bonchev–Trinajstić information content (AvgIpc) is 2.66. The Bertz CT molecular complexity index is 1030. The number of sulfonamides is 1. The molecule has 0 aromatic heterocycles. The highest BCUT2D eigenvalue weighted by Gasteiger charge is 2.31. The second kappa shape index (κ2) is 9.08. The topological polar surface area (TPSA) is 118 Å². The van der Waals surface area contributed by atoms with Crippen LogP contribution in [0.25, 0.3) is 0 Å². The van der Waals surface area contributed by atoms with Crippen molar-refractivity contribution < 1.29 is 41.4 Å². The first-order chi connectivity index (χ1) is 13.6. The molecular formula is C18H18F4N2O5S. The summed E-state index contributed by atoms with van der Waals surface area (Å²) in [5.41, 5.74) is -0.683. The first-order valence-corrected chi connectivity index (χ1v) is 9.97. The number of piperidine rings is 1. The van der Waals surface area contributed by atoms with Gasteiger partial charge < -0.3 is 15.9 Å². The minimum atomic E-state index is -4.27. The van der Waals surface area contributed by atoms with Crippen LogP contribution in [0.3, 0.4) is 0 Å². The number of rotatable bonds is 4. The number of nitrogens with one attached hydrogen (secondary N) is 1. The standard InChI is InChI=1S/C18H16F4N2O4S.H2O/c19-13-2-1-10(18(26)23-11-8-14(20)17(22)15(21)9-11)7-16(13)29(27,28)24-5-3-12(25)4-6-24;/h1-2,7-9,12,25H,3-6H2,(H,23,26);1H2. The molecule has 1 heterocycles. The fraction of sp³-hybridized carbons (Fsp3) is 0.278. The van der Waals surface area contributed by atoms with Crippen LogP contribution < -0.4 is 5.32 Å². The molecule has 3 rings (SSSR count). The predicted molar refractivity (Wildman–Crippen MR) is 98.3 cm³/mol. The number of aliphatic hydroxyl groups excluding tert-OH is 1. The zero-order valence-electron chi connectivity index (χ0n) is 15.3. The van der Waals surface area contributed by atoms with Gasteiger partial charge in [-0.3, -0.25) is 4.79 Å². The Labute approximate surface area is 169 Å². The lowest BCUT2D eigenvalue weighted by atomic mass is 10.1. The van der Waals surface area contributed by atoms with Crippen LogP contribution in [-0.4, -0.2) is 48.4 Å². The number of halogens is 4. The molecule has 2 aromatic carbocycles. The molecule has 0 saturated carbocycles. The number of benzene rings is 2. The second-order valence-corrected chi connectivity index (χ2v) is 8.39. The van der Waals surface area contributed by atoms with Crippen LogP contribution >= 0.6 is 0 Å². The highest BCUT2D eigenvalue weighted by atomic mass is 32.2. The van der Waals surface area contributed by atoms with E-state index in [1.165, 1.54) is 0 Å². The van der Waals surface area contributed by atoms with Crippen molar-refractivity contribution in [2.75, 3.05) is 18.4 Å². The maximum absolute atomic E-state index is 14.2. The number of nitrogens with zero attached hydrogens (tertiary/aromatic N) is 1. The number of amides is 1. The molecule has 0 aliphatic carbocycles. The molecule has 1 fully saturated rings. The molecule has 4 N–H and O–H groups in total. The summed E-state index contributed by atoms with van der Waals surface area (Å²) in [6.07, 6.45) is -0.245. The van der Waals surface area contributed by atoms with E-state index in [4.69, 9.17) is 0 Å². The molecule has 7 nitrogen and oxygen atoms in total. The van der Waals surface area contributed by atoms with Crippen LogP contribution in [0, 0.1) is 23.3 Å². The first kappa shape index (κ1) is 23.7. The van der Waals surface area contributed by atoms with Gasteiger partial charge in [0.2, 0.25) is 10.0 Å². The average molecular weight is 450 g/mol. The number of carbonyl (C=O) groups is 1. The van der Waals surface area contributed by atoms with E-state index in [1.807, 2.05) is 0 Å². The Kier molecular flexibility index (Phi) is 7.18. The van der Waals surface area contributed by atoms with Crippen molar-refractivity contribution in [1.29, 1.82) is 0 Å². The van der Waals surface area contributed by atoms with E-state index in [-0.39, 0.29) is 37.0 Å². The molecule has 1 aliphatic heterocycles. The summed E-state index contributed by atoms with van der Waals surface area (Å²) in [4.78, 5) is 11.6. The lowest BCUT2D eigenvalue weighted by molar-refractivity contribution is 0.102. The third-order valence-electron chi connectivity index (χ3n) is 4.48. The van der Waals surface area contributed by atoms with Gasteiger partial charge in [0.15, 0.2) is 17.5 Å². The molecule has 2 aromatic rings. The summed E-state index contributed by atoms with van der Waals surface area (Å²) in [5, 5.41) is 11.6. The smallest absolute Gasteiger partial charge is 0.255 e. The van der Waals surface area contributed by atoms with E-state index in [2.05, 4.69) is 5.32 Å². The van der Waals surface area contributed by atoms with Crippen molar-refractivity contribution in [2.24, 2.45) is 0 Å². The summed E-state index contributed by atoms with van der Waals surface area (Å²) in [6, 6.07) is 3.70. The van der Waals surface area contributed by atoms with Crippen LogP contribution in [0.15, 0.2) is 35.2 Å². The van der Waals surface area contributed by atoms with Crippen molar-refractivity contribution in [1.82, 2.24) is 4.31 Å². The first-order valence-electron chi connectivity index (χ1n) is 8.53. The third-order valence-corrected chi connectivity index (χ3v) is 6.39. The predicted octanol–water partition coefficient (Wildman–Crippen LogP) is 1.82. The molecule has 0 unspecified atom stereocenters. The number of carbonyl (C=O) groups excluding carboxylic acids is 1. The zero-order chi connectivity index (χ0) is 21.3. The summed E-state index contributed by atoms with van der Waals surface area (Å²) in [6.45, 7) is -0.0129. The normalized spacial score (nSPS) is 15.5. The molecule has 30 heavy (non-hydrogen) atoms. The van der Waals surface area contributed by atoms with Crippen LogP contribution in [0.4, 0.5) is 23.2 Å². The maximum Gasteiger partial charge on any atom is 0.255 e.